The van der Waals surface area contributed by atoms with Crippen molar-refractivity contribution in [3.05, 3.63) is 54.8 Å². The summed E-state index contributed by atoms with van der Waals surface area (Å²) in [5.41, 5.74) is 7.13. The van der Waals surface area contributed by atoms with Gasteiger partial charge >= 0.3 is 5.97 Å². The number of esters is 1. The number of furan rings is 1. The Morgan fingerprint density at radius 3 is 2.67 bits per heavy atom. The molecule has 1 aromatic heterocycles. The van der Waals surface area contributed by atoms with Crippen LogP contribution < -0.4 is 5.73 Å². The number of anilines is 1. The third-order valence-corrected chi connectivity index (χ3v) is 2.33. The minimum atomic E-state index is -0.503. The molecule has 0 fully saturated rings. The second-order valence-corrected chi connectivity index (χ2v) is 3.67. The van der Waals surface area contributed by atoms with E-state index in [1.54, 1.807) is 24.3 Å². The van der Waals surface area contributed by atoms with Crippen molar-refractivity contribution >= 4 is 11.7 Å². The number of ether oxygens (including phenoxy) is 1. The number of benzene rings is 1. The van der Waals surface area contributed by atoms with Gasteiger partial charge in [-0.3, -0.25) is 0 Å². The Morgan fingerprint density at radius 1 is 1.28 bits per heavy atom. The molecule has 2 rings (SSSR count). The molecule has 0 aliphatic carbocycles. The summed E-state index contributed by atoms with van der Waals surface area (Å²) in [6.07, 6.45) is 1.50. The molecular weight excluding hydrogens is 230 g/mol. The predicted octanol–water partition coefficient (Wildman–Crippen LogP) is 2.87. The van der Waals surface area contributed by atoms with Crippen molar-refractivity contribution in [1.82, 2.24) is 0 Å². The van der Waals surface area contributed by atoms with Gasteiger partial charge in [0.05, 0.1) is 0 Å². The Kier molecular flexibility index (Phi) is 3.48. The SMILES string of the molecule is C=CCOC(=O)c1ccc(-c2ccc(N)cc2)o1. The summed E-state index contributed by atoms with van der Waals surface area (Å²) in [4.78, 5) is 11.5. The van der Waals surface area contributed by atoms with Crippen LogP contribution in [0.2, 0.25) is 0 Å². The van der Waals surface area contributed by atoms with Gasteiger partial charge in [-0.15, -0.1) is 0 Å². The van der Waals surface area contributed by atoms with Gasteiger partial charge in [-0.2, -0.15) is 0 Å². The Balaban J connectivity index is 2.17. The zero-order valence-electron chi connectivity index (χ0n) is 9.76. The van der Waals surface area contributed by atoms with Gasteiger partial charge in [0.25, 0.3) is 0 Å². The van der Waals surface area contributed by atoms with E-state index in [0.29, 0.717) is 11.4 Å². The molecule has 0 unspecified atom stereocenters. The summed E-state index contributed by atoms with van der Waals surface area (Å²) < 4.78 is 10.3. The maximum atomic E-state index is 11.5. The lowest BCUT2D eigenvalue weighted by Crippen LogP contribution is -2.03. The van der Waals surface area contributed by atoms with Gasteiger partial charge in [-0.05, 0) is 36.4 Å². The highest BCUT2D eigenvalue weighted by atomic mass is 16.5. The van der Waals surface area contributed by atoms with Crippen molar-refractivity contribution in [2.45, 2.75) is 0 Å². The normalized spacial score (nSPS) is 10.0. The van der Waals surface area contributed by atoms with Crippen molar-refractivity contribution in [3.8, 4) is 11.3 Å². The van der Waals surface area contributed by atoms with Crippen LogP contribution in [-0.2, 0) is 4.74 Å². The van der Waals surface area contributed by atoms with Crippen LogP contribution in [0, 0.1) is 0 Å². The lowest BCUT2D eigenvalue weighted by molar-refractivity contribution is 0.0514. The topological polar surface area (TPSA) is 65.5 Å². The van der Waals surface area contributed by atoms with Gasteiger partial charge in [0.2, 0.25) is 5.76 Å². The van der Waals surface area contributed by atoms with E-state index < -0.39 is 5.97 Å². The molecule has 0 saturated heterocycles. The summed E-state index contributed by atoms with van der Waals surface area (Å²) in [6, 6.07) is 10.5. The van der Waals surface area contributed by atoms with E-state index in [9.17, 15) is 4.79 Å². The second-order valence-electron chi connectivity index (χ2n) is 3.67. The van der Waals surface area contributed by atoms with Gasteiger partial charge in [0.1, 0.15) is 12.4 Å². The summed E-state index contributed by atoms with van der Waals surface area (Å²) in [7, 11) is 0. The highest BCUT2D eigenvalue weighted by Crippen LogP contribution is 2.23. The maximum Gasteiger partial charge on any atom is 0.374 e. The van der Waals surface area contributed by atoms with Crippen molar-refractivity contribution < 1.29 is 13.9 Å². The van der Waals surface area contributed by atoms with E-state index in [0.717, 1.165) is 5.56 Å². The van der Waals surface area contributed by atoms with Gasteiger partial charge in [0, 0.05) is 11.3 Å². The van der Waals surface area contributed by atoms with Crippen LogP contribution in [0.25, 0.3) is 11.3 Å². The molecule has 0 aliphatic heterocycles. The van der Waals surface area contributed by atoms with Crippen molar-refractivity contribution in [2.24, 2.45) is 0 Å². The lowest BCUT2D eigenvalue weighted by atomic mass is 10.1. The van der Waals surface area contributed by atoms with Crippen LogP contribution >= 0.6 is 0 Å². The average molecular weight is 243 g/mol. The molecule has 0 amide bonds. The number of carbonyl (C=O) groups is 1. The van der Waals surface area contributed by atoms with E-state index >= 15 is 0 Å². The number of carbonyl (C=O) groups excluding carboxylic acids is 1. The number of hydrogen-bond donors (Lipinski definition) is 1. The zero-order valence-corrected chi connectivity index (χ0v) is 9.76. The van der Waals surface area contributed by atoms with E-state index in [-0.39, 0.29) is 12.4 Å². The van der Waals surface area contributed by atoms with E-state index in [2.05, 4.69) is 6.58 Å². The van der Waals surface area contributed by atoms with Gasteiger partial charge in [0.15, 0.2) is 0 Å². The first kappa shape index (κ1) is 12.0. The molecule has 4 heteroatoms. The largest absolute Gasteiger partial charge is 0.456 e. The summed E-state index contributed by atoms with van der Waals surface area (Å²) in [6.45, 7) is 3.63. The average Bonchev–Trinajstić information content (AvgIpc) is 2.86. The maximum absolute atomic E-state index is 11.5. The Labute approximate surface area is 105 Å². The first-order chi connectivity index (χ1) is 8.70. The summed E-state index contributed by atoms with van der Waals surface area (Å²) >= 11 is 0. The molecule has 92 valence electrons. The smallest absolute Gasteiger partial charge is 0.374 e. The number of nitrogen functional groups attached to an aromatic ring is 1. The van der Waals surface area contributed by atoms with Gasteiger partial charge in [-0.25, -0.2) is 4.79 Å². The monoisotopic (exact) mass is 243 g/mol. The summed E-state index contributed by atoms with van der Waals surface area (Å²) in [5, 5.41) is 0. The molecule has 4 nitrogen and oxygen atoms in total. The lowest BCUT2D eigenvalue weighted by Gasteiger charge is -1.99. The fourth-order valence-corrected chi connectivity index (χ4v) is 1.46. The molecule has 0 spiro atoms. The van der Waals surface area contributed by atoms with Crippen LogP contribution in [0.15, 0.2) is 53.5 Å². The molecule has 0 atom stereocenters. The van der Waals surface area contributed by atoms with E-state index in [1.165, 1.54) is 6.08 Å². The van der Waals surface area contributed by atoms with E-state index in [4.69, 9.17) is 14.9 Å². The van der Waals surface area contributed by atoms with Crippen LogP contribution in [0.4, 0.5) is 5.69 Å². The molecule has 0 bridgehead atoms. The minimum Gasteiger partial charge on any atom is -0.456 e. The predicted molar refractivity (Wildman–Crippen MR) is 69.0 cm³/mol. The molecule has 1 aromatic carbocycles. The second kappa shape index (κ2) is 5.23. The van der Waals surface area contributed by atoms with Gasteiger partial charge in [-0.1, -0.05) is 12.7 Å². The first-order valence-electron chi connectivity index (χ1n) is 5.44. The minimum absolute atomic E-state index is 0.163. The zero-order chi connectivity index (χ0) is 13.0. The number of hydrogen-bond acceptors (Lipinski definition) is 4. The molecule has 2 N–H and O–H groups in total. The Hall–Kier alpha value is -2.49. The molecule has 0 saturated carbocycles. The molecule has 18 heavy (non-hydrogen) atoms. The Bertz CT molecular complexity index is 555. The van der Waals surface area contributed by atoms with Crippen LogP contribution in [0.3, 0.4) is 0 Å². The van der Waals surface area contributed by atoms with Crippen LogP contribution in [0.5, 0.6) is 0 Å². The van der Waals surface area contributed by atoms with Crippen LogP contribution in [0.1, 0.15) is 10.6 Å². The first-order valence-corrected chi connectivity index (χ1v) is 5.44. The van der Waals surface area contributed by atoms with E-state index in [1.807, 2.05) is 12.1 Å². The Morgan fingerprint density at radius 2 is 2.00 bits per heavy atom. The fourth-order valence-electron chi connectivity index (χ4n) is 1.46. The molecule has 2 aromatic rings. The third kappa shape index (κ3) is 2.60. The highest BCUT2D eigenvalue weighted by Gasteiger charge is 2.12. The number of rotatable bonds is 4. The van der Waals surface area contributed by atoms with Crippen molar-refractivity contribution in [1.29, 1.82) is 0 Å². The molecule has 0 aliphatic rings. The van der Waals surface area contributed by atoms with Crippen LogP contribution in [-0.4, -0.2) is 12.6 Å². The quantitative estimate of drug-likeness (QED) is 0.509. The highest BCUT2D eigenvalue weighted by molar-refractivity contribution is 5.87. The standard InChI is InChI=1S/C14H13NO3/c1-2-9-17-14(16)13-8-7-12(18-13)10-3-5-11(15)6-4-10/h2-8H,1,9,15H2. The third-order valence-electron chi connectivity index (χ3n) is 2.33. The van der Waals surface area contributed by atoms with Crippen molar-refractivity contribution in [2.75, 3.05) is 12.3 Å². The van der Waals surface area contributed by atoms with Crippen molar-refractivity contribution in [3.63, 3.8) is 0 Å². The van der Waals surface area contributed by atoms with Gasteiger partial charge < -0.3 is 14.9 Å². The molecular formula is C14H13NO3. The molecule has 1 heterocycles. The summed E-state index contributed by atoms with van der Waals surface area (Å²) in [5.74, 6) is 0.265. The molecule has 0 radical (unpaired) electrons. The number of nitrogens with two attached hydrogens (primary N) is 1. The fraction of sp³-hybridized carbons (Fsp3) is 0.0714.